The molecule has 0 unspecified atom stereocenters. The fraction of sp³-hybridized carbons (Fsp3) is 0.421. The third kappa shape index (κ3) is 2.98. The Hall–Kier alpha value is -2.43. The van der Waals surface area contributed by atoms with E-state index >= 15 is 0 Å². The van der Waals surface area contributed by atoms with Gasteiger partial charge in [0.2, 0.25) is 0 Å². The van der Waals surface area contributed by atoms with Crippen LogP contribution in [-0.4, -0.2) is 32.7 Å². The van der Waals surface area contributed by atoms with Crippen LogP contribution in [-0.2, 0) is 6.42 Å². The summed E-state index contributed by atoms with van der Waals surface area (Å²) in [5, 5.41) is 4.74. The first-order valence-corrected chi connectivity index (χ1v) is 8.71. The molecule has 0 aliphatic carbocycles. The largest absolute Gasteiger partial charge is 0.356 e. The summed E-state index contributed by atoms with van der Waals surface area (Å²) in [4.78, 5) is 11.6. The zero-order valence-electron chi connectivity index (χ0n) is 14.3. The van der Waals surface area contributed by atoms with Crippen LogP contribution in [0.5, 0.6) is 0 Å². The molecule has 2 aromatic heterocycles. The van der Waals surface area contributed by atoms with Crippen molar-refractivity contribution in [2.24, 2.45) is 5.92 Å². The number of rotatable bonds is 3. The van der Waals surface area contributed by atoms with Crippen molar-refractivity contribution < 1.29 is 0 Å². The third-order valence-corrected chi connectivity index (χ3v) is 4.78. The summed E-state index contributed by atoms with van der Waals surface area (Å²) < 4.78 is 1.92. The van der Waals surface area contributed by atoms with Gasteiger partial charge in [-0.2, -0.15) is 9.50 Å². The average molecular weight is 321 g/mol. The van der Waals surface area contributed by atoms with E-state index in [2.05, 4.69) is 40.0 Å². The van der Waals surface area contributed by atoms with Gasteiger partial charge in [-0.3, -0.25) is 0 Å². The van der Waals surface area contributed by atoms with Crippen LogP contribution < -0.4 is 4.90 Å². The predicted octanol–water partition coefficient (Wildman–Crippen LogP) is 3.26. The van der Waals surface area contributed by atoms with E-state index in [0.29, 0.717) is 5.78 Å². The second kappa shape index (κ2) is 6.23. The van der Waals surface area contributed by atoms with Gasteiger partial charge < -0.3 is 4.90 Å². The molecule has 0 spiro atoms. The van der Waals surface area contributed by atoms with Crippen LogP contribution in [0.25, 0.3) is 5.78 Å². The maximum absolute atomic E-state index is 4.74. The number of anilines is 1. The summed E-state index contributed by atoms with van der Waals surface area (Å²) in [5.74, 6) is 3.46. The Balaban J connectivity index is 1.69. The summed E-state index contributed by atoms with van der Waals surface area (Å²) in [6, 6.07) is 12.5. The molecule has 0 N–H and O–H groups in total. The first kappa shape index (κ1) is 15.1. The lowest BCUT2D eigenvalue weighted by Crippen LogP contribution is -2.34. The standard InChI is InChI=1S/C19H23N5/c1-14-8-10-23(11-9-14)18-12-15(2)20-19-21-17(22-24(18)19)13-16-6-4-3-5-7-16/h3-7,12,14H,8-11,13H2,1-2H3. The second-order valence-electron chi connectivity index (χ2n) is 6.83. The van der Waals surface area contributed by atoms with E-state index in [-0.39, 0.29) is 0 Å². The van der Waals surface area contributed by atoms with Crippen molar-refractivity contribution in [3.63, 3.8) is 0 Å². The summed E-state index contributed by atoms with van der Waals surface area (Å²) in [6.45, 7) is 6.51. The maximum Gasteiger partial charge on any atom is 0.254 e. The van der Waals surface area contributed by atoms with Gasteiger partial charge in [0.25, 0.3) is 5.78 Å². The van der Waals surface area contributed by atoms with Crippen LogP contribution in [0.4, 0.5) is 5.82 Å². The molecule has 1 aromatic carbocycles. The highest BCUT2D eigenvalue weighted by atomic mass is 15.4. The van der Waals surface area contributed by atoms with E-state index in [9.17, 15) is 0 Å². The normalized spacial score (nSPS) is 16.0. The van der Waals surface area contributed by atoms with Gasteiger partial charge in [-0.05, 0) is 31.2 Å². The number of aromatic nitrogens is 4. The molecule has 0 saturated carbocycles. The summed E-state index contributed by atoms with van der Waals surface area (Å²) in [6.07, 6.45) is 3.20. The van der Waals surface area contributed by atoms with Gasteiger partial charge in [0.05, 0.1) is 0 Å². The molecule has 3 heterocycles. The average Bonchev–Trinajstić information content (AvgIpc) is 2.98. The number of fused-ring (bicyclic) bond motifs is 1. The number of hydrogen-bond acceptors (Lipinski definition) is 4. The maximum atomic E-state index is 4.74. The van der Waals surface area contributed by atoms with Gasteiger partial charge in [0, 0.05) is 31.3 Å². The van der Waals surface area contributed by atoms with Gasteiger partial charge in [-0.25, -0.2) is 4.98 Å². The molecule has 5 heteroatoms. The minimum absolute atomic E-state index is 0.703. The first-order chi connectivity index (χ1) is 11.7. The van der Waals surface area contributed by atoms with Crippen LogP contribution in [0.3, 0.4) is 0 Å². The smallest absolute Gasteiger partial charge is 0.254 e. The molecule has 24 heavy (non-hydrogen) atoms. The minimum atomic E-state index is 0.703. The molecule has 3 aromatic rings. The van der Waals surface area contributed by atoms with Gasteiger partial charge in [-0.1, -0.05) is 37.3 Å². The van der Waals surface area contributed by atoms with Crippen LogP contribution >= 0.6 is 0 Å². The lowest BCUT2D eigenvalue weighted by atomic mass is 9.99. The molecule has 124 valence electrons. The highest BCUT2D eigenvalue weighted by molar-refractivity contribution is 5.48. The zero-order chi connectivity index (χ0) is 16.5. The SMILES string of the molecule is Cc1cc(N2CCC(C)CC2)n2nc(Cc3ccccc3)nc2n1. The molecule has 0 radical (unpaired) electrons. The molecule has 0 atom stereocenters. The fourth-order valence-electron chi connectivity index (χ4n) is 3.33. The third-order valence-electron chi connectivity index (χ3n) is 4.78. The molecular weight excluding hydrogens is 298 g/mol. The van der Waals surface area contributed by atoms with E-state index in [0.717, 1.165) is 42.8 Å². The summed E-state index contributed by atoms with van der Waals surface area (Å²) in [7, 11) is 0. The Morgan fingerprint density at radius 3 is 2.58 bits per heavy atom. The van der Waals surface area contributed by atoms with Crippen molar-refractivity contribution in [3.05, 3.63) is 53.5 Å². The quantitative estimate of drug-likeness (QED) is 0.743. The van der Waals surface area contributed by atoms with Crippen molar-refractivity contribution in [1.29, 1.82) is 0 Å². The topological polar surface area (TPSA) is 46.3 Å². The summed E-state index contributed by atoms with van der Waals surface area (Å²) >= 11 is 0. The highest BCUT2D eigenvalue weighted by Crippen LogP contribution is 2.24. The van der Waals surface area contributed by atoms with Gasteiger partial charge in [0.1, 0.15) is 5.82 Å². The second-order valence-corrected chi connectivity index (χ2v) is 6.83. The van der Waals surface area contributed by atoms with Crippen LogP contribution in [0.2, 0.25) is 0 Å². The van der Waals surface area contributed by atoms with Gasteiger partial charge >= 0.3 is 0 Å². The molecule has 1 saturated heterocycles. The number of piperidine rings is 1. The Kier molecular flexibility index (Phi) is 3.92. The van der Waals surface area contributed by atoms with Crippen LogP contribution in [0.15, 0.2) is 36.4 Å². The van der Waals surface area contributed by atoms with E-state index < -0.39 is 0 Å². The van der Waals surface area contributed by atoms with E-state index in [1.165, 1.54) is 18.4 Å². The lowest BCUT2D eigenvalue weighted by Gasteiger charge is -2.31. The monoisotopic (exact) mass is 321 g/mol. The van der Waals surface area contributed by atoms with Crippen LogP contribution in [0, 0.1) is 12.8 Å². The Morgan fingerprint density at radius 2 is 1.83 bits per heavy atom. The Labute approximate surface area is 142 Å². The molecule has 0 bridgehead atoms. The van der Waals surface area contributed by atoms with E-state index in [1.807, 2.05) is 29.6 Å². The molecule has 1 aliphatic heterocycles. The van der Waals surface area contributed by atoms with Gasteiger partial charge in [0.15, 0.2) is 5.82 Å². The van der Waals surface area contributed by atoms with E-state index in [4.69, 9.17) is 5.10 Å². The predicted molar refractivity (Wildman–Crippen MR) is 95.4 cm³/mol. The zero-order valence-corrected chi connectivity index (χ0v) is 14.3. The number of aryl methyl sites for hydroxylation is 1. The molecular formula is C19H23N5. The lowest BCUT2D eigenvalue weighted by molar-refractivity contribution is 0.435. The highest BCUT2D eigenvalue weighted by Gasteiger charge is 2.20. The molecule has 0 amide bonds. The first-order valence-electron chi connectivity index (χ1n) is 8.71. The van der Waals surface area contributed by atoms with Crippen molar-refractivity contribution in [2.75, 3.05) is 18.0 Å². The Morgan fingerprint density at radius 1 is 1.08 bits per heavy atom. The van der Waals surface area contributed by atoms with Crippen molar-refractivity contribution in [3.8, 4) is 0 Å². The molecule has 1 aliphatic rings. The molecule has 4 rings (SSSR count). The van der Waals surface area contributed by atoms with Gasteiger partial charge in [-0.15, -0.1) is 5.10 Å². The fourth-order valence-corrected chi connectivity index (χ4v) is 3.33. The van der Waals surface area contributed by atoms with Crippen molar-refractivity contribution in [2.45, 2.75) is 33.1 Å². The van der Waals surface area contributed by atoms with E-state index in [1.54, 1.807) is 0 Å². The minimum Gasteiger partial charge on any atom is -0.356 e. The van der Waals surface area contributed by atoms with Crippen molar-refractivity contribution >= 4 is 11.6 Å². The van der Waals surface area contributed by atoms with Crippen LogP contribution in [0.1, 0.15) is 36.8 Å². The number of nitrogens with zero attached hydrogens (tertiary/aromatic N) is 5. The summed E-state index contributed by atoms with van der Waals surface area (Å²) in [5.41, 5.74) is 2.22. The number of benzene rings is 1. The molecule has 1 fully saturated rings. The molecule has 5 nitrogen and oxygen atoms in total. The van der Waals surface area contributed by atoms with Crippen molar-refractivity contribution in [1.82, 2.24) is 19.6 Å². The Bertz CT molecular complexity index is 832. The number of hydrogen-bond donors (Lipinski definition) is 0.